The van der Waals surface area contributed by atoms with Gasteiger partial charge in [-0.1, -0.05) is 0 Å². The molecular formula is C19H22N6O. The first-order valence-electron chi connectivity index (χ1n) is 8.88. The molecule has 0 aliphatic carbocycles. The maximum atomic E-state index is 12.7. The number of anilines is 1. The second-order valence-electron chi connectivity index (χ2n) is 6.78. The van der Waals surface area contributed by atoms with Crippen molar-refractivity contribution in [1.29, 1.82) is 0 Å². The number of rotatable bonds is 3. The molecule has 2 N–H and O–H groups in total. The van der Waals surface area contributed by atoms with Crippen LogP contribution in [0.1, 0.15) is 18.5 Å². The predicted molar refractivity (Wildman–Crippen MR) is 102 cm³/mol. The minimum Gasteiger partial charge on any atom is -0.365 e. The summed E-state index contributed by atoms with van der Waals surface area (Å²) in [6.45, 7) is 3.85. The summed E-state index contributed by atoms with van der Waals surface area (Å²) in [6.07, 6.45) is 5.48. The molecule has 4 heterocycles. The lowest BCUT2D eigenvalue weighted by Crippen LogP contribution is -2.39. The van der Waals surface area contributed by atoms with E-state index in [2.05, 4.69) is 20.6 Å². The first-order valence-corrected chi connectivity index (χ1v) is 8.88. The van der Waals surface area contributed by atoms with Gasteiger partial charge in [0.05, 0.1) is 17.5 Å². The lowest BCUT2D eigenvalue weighted by atomic mass is 10.1. The van der Waals surface area contributed by atoms with Crippen LogP contribution in [0, 0.1) is 6.92 Å². The van der Waals surface area contributed by atoms with Crippen LogP contribution in [-0.2, 0) is 7.05 Å². The second-order valence-corrected chi connectivity index (χ2v) is 6.78. The van der Waals surface area contributed by atoms with Crippen molar-refractivity contribution in [3.05, 3.63) is 46.8 Å². The minimum atomic E-state index is -0.0915. The molecule has 1 saturated heterocycles. The molecule has 0 aromatic carbocycles. The molecule has 0 bridgehead atoms. The zero-order valence-corrected chi connectivity index (χ0v) is 15.0. The van der Waals surface area contributed by atoms with E-state index in [1.54, 1.807) is 19.6 Å². The van der Waals surface area contributed by atoms with Gasteiger partial charge in [0.15, 0.2) is 0 Å². The van der Waals surface area contributed by atoms with E-state index in [1.165, 1.54) is 4.57 Å². The van der Waals surface area contributed by atoms with Crippen molar-refractivity contribution in [2.45, 2.75) is 25.8 Å². The van der Waals surface area contributed by atoms with Crippen LogP contribution in [0.4, 0.5) is 5.82 Å². The Kier molecular flexibility index (Phi) is 4.38. The largest absolute Gasteiger partial charge is 0.365 e. The highest BCUT2D eigenvalue weighted by Crippen LogP contribution is 2.26. The molecule has 1 atom stereocenters. The van der Waals surface area contributed by atoms with Gasteiger partial charge in [0.1, 0.15) is 11.2 Å². The van der Waals surface area contributed by atoms with Crippen LogP contribution in [0.15, 0.2) is 35.5 Å². The number of hydrogen-bond acceptors (Lipinski definition) is 6. The molecule has 3 aromatic heterocycles. The smallest absolute Gasteiger partial charge is 0.264 e. The standard InChI is InChI=1S/C19H22N6O/c1-12-8-13(5-7-21-12)15-9-16-17(19(26)25(2)11-22-16)18(24-15)23-14-4-3-6-20-10-14/h5,7-9,11,14,20H,3-4,6,10H2,1-2H3,(H,23,24)/t14-/m1/s1. The average molecular weight is 350 g/mol. The fourth-order valence-electron chi connectivity index (χ4n) is 3.35. The van der Waals surface area contributed by atoms with Gasteiger partial charge in [0, 0.05) is 37.1 Å². The molecule has 0 unspecified atom stereocenters. The van der Waals surface area contributed by atoms with Gasteiger partial charge >= 0.3 is 0 Å². The zero-order valence-electron chi connectivity index (χ0n) is 15.0. The van der Waals surface area contributed by atoms with Crippen LogP contribution in [0.2, 0.25) is 0 Å². The van der Waals surface area contributed by atoms with Crippen molar-refractivity contribution in [3.63, 3.8) is 0 Å². The van der Waals surface area contributed by atoms with Crippen LogP contribution >= 0.6 is 0 Å². The highest BCUT2D eigenvalue weighted by Gasteiger charge is 2.18. The van der Waals surface area contributed by atoms with Crippen LogP contribution < -0.4 is 16.2 Å². The van der Waals surface area contributed by atoms with E-state index in [9.17, 15) is 4.79 Å². The van der Waals surface area contributed by atoms with Crippen molar-refractivity contribution in [3.8, 4) is 11.3 Å². The van der Waals surface area contributed by atoms with Crippen molar-refractivity contribution in [1.82, 2.24) is 24.8 Å². The topological polar surface area (TPSA) is 84.7 Å². The van der Waals surface area contributed by atoms with Crippen molar-refractivity contribution >= 4 is 16.7 Å². The molecule has 4 rings (SSSR count). The summed E-state index contributed by atoms with van der Waals surface area (Å²) in [7, 11) is 1.71. The van der Waals surface area contributed by atoms with E-state index in [4.69, 9.17) is 4.98 Å². The second kappa shape index (κ2) is 6.84. The van der Waals surface area contributed by atoms with Gasteiger partial charge in [0.2, 0.25) is 0 Å². The third-order valence-electron chi connectivity index (χ3n) is 4.73. The highest BCUT2D eigenvalue weighted by molar-refractivity contribution is 5.91. The average Bonchev–Trinajstić information content (AvgIpc) is 2.65. The van der Waals surface area contributed by atoms with Gasteiger partial charge in [-0.3, -0.25) is 9.78 Å². The monoisotopic (exact) mass is 350 g/mol. The third-order valence-corrected chi connectivity index (χ3v) is 4.73. The van der Waals surface area contributed by atoms with E-state index in [1.807, 2.05) is 25.1 Å². The summed E-state index contributed by atoms with van der Waals surface area (Å²) in [4.78, 5) is 26.2. The number of aryl methyl sites for hydroxylation is 2. The van der Waals surface area contributed by atoms with Crippen LogP contribution in [0.3, 0.4) is 0 Å². The molecule has 3 aromatic rings. The molecule has 26 heavy (non-hydrogen) atoms. The molecule has 7 heteroatoms. The van der Waals surface area contributed by atoms with Gasteiger partial charge in [0.25, 0.3) is 5.56 Å². The molecular weight excluding hydrogens is 328 g/mol. The molecule has 0 spiro atoms. The molecule has 7 nitrogen and oxygen atoms in total. The molecule has 134 valence electrons. The first-order chi connectivity index (χ1) is 12.6. The van der Waals surface area contributed by atoms with Gasteiger partial charge in [-0.2, -0.15) is 0 Å². The predicted octanol–water partition coefficient (Wildman–Crippen LogP) is 1.86. The van der Waals surface area contributed by atoms with E-state index in [0.29, 0.717) is 16.7 Å². The Balaban J connectivity index is 1.87. The van der Waals surface area contributed by atoms with Gasteiger partial charge in [-0.25, -0.2) is 9.97 Å². The maximum Gasteiger partial charge on any atom is 0.264 e. The number of nitrogens with zero attached hydrogens (tertiary/aromatic N) is 4. The number of piperidine rings is 1. The number of aromatic nitrogens is 4. The van der Waals surface area contributed by atoms with E-state index in [0.717, 1.165) is 42.9 Å². The number of fused-ring (bicyclic) bond motifs is 1. The van der Waals surface area contributed by atoms with Gasteiger partial charge in [-0.15, -0.1) is 0 Å². The minimum absolute atomic E-state index is 0.0915. The van der Waals surface area contributed by atoms with Gasteiger partial charge in [-0.05, 0) is 44.5 Å². The number of nitrogens with one attached hydrogen (secondary N) is 2. The Bertz CT molecular complexity index is 1010. The lowest BCUT2D eigenvalue weighted by molar-refractivity contribution is 0.479. The summed E-state index contributed by atoms with van der Waals surface area (Å²) < 4.78 is 1.49. The quantitative estimate of drug-likeness (QED) is 0.750. The fourth-order valence-corrected chi connectivity index (χ4v) is 3.35. The van der Waals surface area contributed by atoms with Crippen molar-refractivity contribution < 1.29 is 0 Å². The molecule has 1 fully saturated rings. The van der Waals surface area contributed by atoms with Crippen LogP contribution in [-0.4, -0.2) is 38.7 Å². The summed E-state index contributed by atoms with van der Waals surface area (Å²) in [5.41, 5.74) is 3.24. The fraction of sp³-hybridized carbons (Fsp3) is 0.368. The third kappa shape index (κ3) is 3.17. The summed E-state index contributed by atoms with van der Waals surface area (Å²) >= 11 is 0. The lowest BCUT2D eigenvalue weighted by Gasteiger charge is -2.25. The Labute approximate surface area is 151 Å². The van der Waals surface area contributed by atoms with Gasteiger partial charge < -0.3 is 15.2 Å². The maximum absolute atomic E-state index is 12.7. The molecule has 1 aliphatic rings. The number of pyridine rings is 2. The van der Waals surface area contributed by atoms with E-state index in [-0.39, 0.29) is 11.6 Å². The Morgan fingerprint density at radius 3 is 2.96 bits per heavy atom. The molecule has 1 aliphatic heterocycles. The Morgan fingerprint density at radius 2 is 2.19 bits per heavy atom. The van der Waals surface area contributed by atoms with E-state index >= 15 is 0 Å². The highest BCUT2D eigenvalue weighted by atomic mass is 16.1. The molecule has 0 amide bonds. The van der Waals surface area contributed by atoms with Crippen LogP contribution in [0.25, 0.3) is 22.2 Å². The normalized spacial score (nSPS) is 17.4. The SMILES string of the molecule is Cc1cc(-c2cc3ncn(C)c(=O)c3c(N[C@@H]3CCCNC3)n2)ccn1. The van der Waals surface area contributed by atoms with Crippen molar-refractivity contribution in [2.75, 3.05) is 18.4 Å². The molecule has 0 saturated carbocycles. The molecule has 0 radical (unpaired) electrons. The summed E-state index contributed by atoms with van der Waals surface area (Å²) in [5.74, 6) is 0.606. The zero-order chi connectivity index (χ0) is 18.1. The Hall–Kier alpha value is -2.80. The van der Waals surface area contributed by atoms with Crippen LogP contribution in [0.5, 0.6) is 0 Å². The summed E-state index contributed by atoms with van der Waals surface area (Å²) in [6, 6.07) is 6.03. The van der Waals surface area contributed by atoms with Crippen molar-refractivity contribution in [2.24, 2.45) is 7.05 Å². The Morgan fingerprint density at radius 1 is 1.31 bits per heavy atom. The summed E-state index contributed by atoms with van der Waals surface area (Å²) in [5, 5.41) is 7.40. The van der Waals surface area contributed by atoms with E-state index < -0.39 is 0 Å². The number of hydrogen-bond donors (Lipinski definition) is 2. The first kappa shape index (κ1) is 16.7.